The van der Waals surface area contributed by atoms with Gasteiger partial charge in [-0.15, -0.1) is 0 Å². The molecule has 0 saturated carbocycles. The van der Waals surface area contributed by atoms with E-state index in [9.17, 15) is 19.2 Å². The summed E-state index contributed by atoms with van der Waals surface area (Å²) in [6, 6.07) is 13.4. The van der Waals surface area contributed by atoms with E-state index in [2.05, 4.69) is 21.2 Å². The molecule has 1 atom stereocenters. The Bertz CT molecular complexity index is 1000. The third-order valence-electron chi connectivity index (χ3n) is 4.69. The molecule has 8 nitrogen and oxygen atoms in total. The molecule has 0 unspecified atom stereocenters. The first-order valence-electron chi connectivity index (χ1n) is 10.1. The van der Waals surface area contributed by atoms with Crippen LogP contribution in [-0.2, 0) is 23.9 Å². The molecular formula is C23H23BrN2O6. The van der Waals surface area contributed by atoms with E-state index in [0.29, 0.717) is 16.9 Å². The average Bonchev–Trinajstić information content (AvgIpc) is 3.15. The second kappa shape index (κ2) is 10.4. The zero-order valence-electron chi connectivity index (χ0n) is 17.7. The van der Waals surface area contributed by atoms with E-state index in [0.717, 1.165) is 4.47 Å². The van der Waals surface area contributed by atoms with E-state index in [1.807, 2.05) is 0 Å². The number of halogens is 1. The molecule has 1 N–H and O–H groups in total. The van der Waals surface area contributed by atoms with Gasteiger partial charge in [0.25, 0.3) is 5.91 Å². The molecule has 0 aromatic heterocycles. The molecule has 1 saturated heterocycles. The van der Waals surface area contributed by atoms with Crippen molar-refractivity contribution in [2.75, 3.05) is 23.4 Å². The molecule has 1 heterocycles. The highest BCUT2D eigenvalue weighted by Crippen LogP contribution is 2.26. The zero-order chi connectivity index (χ0) is 23.3. The van der Waals surface area contributed by atoms with Crippen molar-refractivity contribution < 1.29 is 28.7 Å². The minimum absolute atomic E-state index is 0.00962. The van der Waals surface area contributed by atoms with Gasteiger partial charge in [0.15, 0.2) is 6.61 Å². The van der Waals surface area contributed by atoms with Crippen LogP contribution >= 0.6 is 15.9 Å². The van der Waals surface area contributed by atoms with Crippen molar-refractivity contribution in [3.63, 3.8) is 0 Å². The summed E-state index contributed by atoms with van der Waals surface area (Å²) in [6.07, 6.45) is -0.240. The van der Waals surface area contributed by atoms with Crippen molar-refractivity contribution >= 4 is 51.1 Å². The Morgan fingerprint density at radius 2 is 1.75 bits per heavy atom. The number of amides is 2. The van der Waals surface area contributed by atoms with Crippen LogP contribution in [0.5, 0.6) is 0 Å². The van der Waals surface area contributed by atoms with Crippen LogP contribution in [-0.4, -0.2) is 43.0 Å². The number of nitrogens with zero attached hydrogens (tertiary/aromatic N) is 1. The van der Waals surface area contributed by atoms with Gasteiger partial charge in [0, 0.05) is 28.8 Å². The van der Waals surface area contributed by atoms with Crippen LogP contribution in [0.2, 0.25) is 0 Å². The second-order valence-electron chi connectivity index (χ2n) is 7.57. The highest BCUT2D eigenvalue weighted by atomic mass is 79.9. The van der Waals surface area contributed by atoms with Gasteiger partial charge in [0.05, 0.1) is 17.6 Å². The predicted octanol–water partition coefficient (Wildman–Crippen LogP) is 3.55. The van der Waals surface area contributed by atoms with Crippen molar-refractivity contribution in [1.29, 1.82) is 0 Å². The zero-order valence-corrected chi connectivity index (χ0v) is 19.3. The second-order valence-corrected chi connectivity index (χ2v) is 8.48. The highest BCUT2D eigenvalue weighted by Gasteiger charge is 2.36. The number of nitrogens with one attached hydrogen (secondary N) is 1. The smallest absolute Gasteiger partial charge is 0.338 e. The lowest BCUT2D eigenvalue weighted by atomic mass is 10.1. The Labute approximate surface area is 194 Å². The molecule has 0 aliphatic carbocycles. The monoisotopic (exact) mass is 502 g/mol. The van der Waals surface area contributed by atoms with Crippen molar-refractivity contribution in [1.82, 2.24) is 0 Å². The molecule has 0 spiro atoms. The molecule has 1 fully saturated rings. The van der Waals surface area contributed by atoms with E-state index < -0.39 is 30.4 Å². The van der Waals surface area contributed by atoms with Crippen molar-refractivity contribution in [2.24, 2.45) is 5.92 Å². The van der Waals surface area contributed by atoms with Gasteiger partial charge in [0.2, 0.25) is 5.91 Å². The Morgan fingerprint density at radius 1 is 1.09 bits per heavy atom. The van der Waals surface area contributed by atoms with E-state index in [4.69, 9.17) is 9.47 Å². The summed E-state index contributed by atoms with van der Waals surface area (Å²) in [6.45, 7) is 3.23. The number of benzene rings is 2. The Kier molecular flexibility index (Phi) is 7.63. The minimum atomic E-state index is -0.673. The molecule has 0 radical (unpaired) electrons. The lowest BCUT2D eigenvalue weighted by Gasteiger charge is -2.17. The molecule has 3 rings (SSSR count). The predicted molar refractivity (Wildman–Crippen MR) is 121 cm³/mol. The fourth-order valence-corrected chi connectivity index (χ4v) is 3.42. The third-order valence-corrected chi connectivity index (χ3v) is 5.22. The molecule has 0 bridgehead atoms. The topological polar surface area (TPSA) is 102 Å². The van der Waals surface area contributed by atoms with E-state index in [1.165, 1.54) is 4.90 Å². The number of esters is 2. The normalized spacial score (nSPS) is 15.6. The maximum absolute atomic E-state index is 12.4. The van der Waals surface area contributed by atoms with Gasteiger partial charge in [0.1, 0.15) is 0 Å². The van der Waals surface area contributed by atoms with Crippen LogP contribution in [0.25, 0.3) is 0 Å². The van der Waals surface area contributed by atoms with Gasteiger partial charge in [-0.25, -0.2) is 4.79 Å². The maximum Gasteiger partial charge on any atom is 0.338 e. The molecule has 2 amide bonds. The fraction of sp³-hybridized carbons (Fsp3) is 0.304. The van der Waals surface area contributed by atoms with Crippen molar-refractivity contribution in [2.45, 2.75) is 26.4 Å². The summed E-state index contributed by atoms with van der Waals surface area (Å²) < 4.78 is 11.1. The summed E-state index contributed by atoms with van der Waals surface area (Å²) in [5, 5.41) is 2.63. The van der Waals surface area contributed by atoms with Gasteiger partial charge >= 0.3 is 11.9 Å². The lowest BCUT2D eigenvalue weighted by molar-refractivity contribution is -0.151. The number of carbonyl (C=O) groups is 4. The average molecular weight is 503 g/mol. The van der Waals surface area contributed by atoms with Crippen LogP contribution in [0, 0.1) is 5.92 Å². The van der Waals surface area contributed by atoms with Crippen molar-refractivity contribution in [3.8, 4) is 0 Å². The largest absolute Gasteiger partial charge is 0.459 e. The molecule has 32 heavy (non-hydrogen) atoms. The first-order valence-corrected chi connectivity index (χ1v) is 10.9. The Hall–Kier alpha value is -3.20. The van der Waals surface area contributed by atoms with Gasteiger partial charge in [-0.1, -0.05) is 15.9 Å². The number of hydrogen-bond donors (Lipinski definition) is 1. The quantitative estimate of drug-likeness (QED) is 0.580. The number of rotatable bonds is 7. The molecule has 2 aromatic carbocycles. The summed E-state index contributed by atoms with van der Waals surface area (Å²) >= 11 is 3.31. The van der Waals surface area contributed by atoms with Crippen molar-refractivity contribution in [3.05, 3.63) is 58.6 Å². The molecule has 9 heteroatoms. The third kappa shape index (κ3) is 6.16. The molecule has 1 aliphatic rings. The first kappa shape index (κ1) is 23.5. The molecule has 1 aliphatic heterocycles. The van der Waals surface area contributed by atoms with E-state index >= 15 is 0 Å². The van der Waals surface area contributed by atoms with Crippen LogP contribution in [0.3, 0.4) is 0 Å². The molecule has 168 valence electrons. The van der Waals surface area contributed by atoms with Crippen LogP contribution < -0.4 is 10.2 Å². The fourth-order valence-electron chi connectivity index (χ4n) is 3.16. The summed E-state index contributed by atoms with van der Waals surface area (Å²) in [4.78, 5) is 50.2. The number of hydrogen-bond acceptors (Lipinski definition) is 6. The molecular weight excluding hydrogens is 480 g/mol. The van der Waals surface area contributed by atoms with Crippen LogP contribution in [0.1, 0.15) is 30.6 Å². The van der Waals surface area contributed by atoms with E-state index in [1.54, 1.807) is 62.4 Å². The number of carbonyl (C=O) groups excluding carboxylic acids is 4. The summed E-state index contributed by atoms with van der Waals surface area (Å²) in [5.74, 6) is -2.42. The van der Waals surface area contributed by atoms with Gasteiger partial charge in [-0.05, 0) is 62.4 Å². The van der Waals surface area contributed by atoms with Gasteiger partial charge < -0.3 is 19.7 Å². The van der Waals surface area contributed by atoms with Gasteiger partial charge in [-0.3, -0.25) is 14.4 Å². The van der Waals surface area contributed by atoms with Gasteiger partial charge in [-0.2, -0.15) is 0 Å². The standard InChI is InChI=1S/C23H23BrN2O6/c1-14(2)32-23(30)15-3-9-19(10-4-15)26-12-16(11-21(26)28)22(29)31-13-20(27)25-18-7-5-17(24)6-8-18/h3-10,14,16H,11-13H2,1-2H3,(H,25,27)/t16-/m1/s1. The Balaban J connectivity index is 1.52. The summed E-state index contributed by atoms with van der Waals surface area (Å²) in [7, 11) is 0. The maximum atomic E-state index is 12.4. The number of anilines is 2. The number of ether oxygens (including phenoxy) is 2. The Morgan fingerprint density at radius 3 is 2.38 bits per heavy atom. The molecule has 2 aromatic rings. The highest BCUT2D eigenvalue weighted by molar-refractivity contribution is 9.10. The minimum Gasteiger partial charge on any atom is -0.459 e. The lowest BCUT2D eigenvalue weighted by Crippen LogP contribution is -2.28. The van der Waals surface area contributed by atoms with Crippen LogP contribution in [0.15, 0.2) is 53.0 Å². The SMILES string of the molecule is CC(C)OC(=O)c1ccc(N2C[C@H](C(=O)OCC(=O)Nc3ccc(Br)cc3)CC2=O)cc1. The van der Waals surface area contributed by atoms with Crippen LogP contribution in [0.4, 0.5) is 11.4 Å². The summed E-state index contributed by atoms with van der Waals surface area (Å²) in [5.41, 5.74) is 1.53. The first-order chi connectivity index (χ1) is 15.2. The van der Waals surface area contributed by atoms with E-state index in [-0.39, 0.29) is 25.0 Å².